The lowest BCUT2D eigenvalue weighted by Gasteiger charge is -2.18. The first-order chi connectivity index (χ1) is 10.0. The van der Waals surface area contributed by atoms with Gasteiger partial charge in [0.15, 0.2) is 5.84 Å². The number of benzene rings is 1. The first kappa shape index (κ1) is 14.3. The lowest BCUT2D eigenvalue weighted by atomic mass is 10.1. The average molecular weight is 286 g/mol. The SMILES string of the molecule is CN(C(=O)c1cc[nH]c(=O)c1)c1cccc(/C(N)=N/O)c1. The lowest BCUT2D eigenvalue weighted by molar-refractivity contribution is 0.0993. The maximum absolute atomic E-state index is 12.3. The molecule has 0 unspecified atom stereocenters. The number of aromatic amines is 1. The quantitative estimate of drug-likeness (QED) is 0.334. The molecule has 0 radical (unpaired) electrons. The van der Waals surface area contributed by atoms with Crippen molar-refractivity contribution in [2.75, 3.05) is 11.9 Å². The molecule has 0 fully saturated rings. The van der Waals surface area contributed by atoms with Gasteiger partial charge >= 0.3 is 0 Å². The van der Waals surface area contributed by atoms with Crippen LogP contribution >= 0.6 is 0 Å². The average Bonchev–Trinajstić information content (AvgIpc) is 2.52. The standard InChI is InChI=1S/C14H14N4O3/c1-18(14(20)10-5-6-16-12(19)8-10)11-4-2-3-9(7-11)13(15)17-21/h2-8,21H,1H3,(H2,15,17)(H,16,19). The van der Waals surface area contributed by atoms with Crippen molar-refractivity contribution in [3.05, 3.63) is 64.1 Å². The van der Waals surface area contributed by atoms with Crippen molar-refractivity contribution in [1.29, 1.82) is 0 Å². The van der Waals surface area contributed by atoms with Gasteiger partial charge in [-0.1, -0.05) is 17.3 Å². The number of carbonyl (C=O) groups excluding carboxylic acids is 1. The van der Waals surface area contributed by atoms with E-state index in [2.05, 4.69) is 10.1 Å². The molecule has 0 saturated heterocycles. The molecule has 7 heteroatoms. The molecule has 1 amide bonds. The summed E-state index contributed by atoms with van der Waals surface area (Å²) in [6, 6.07) is 9.41. The number of nitrogens with two attached hydrogens (primary N) is 1. The molecular weight excluding hydrogens is 272 g/mol. The van der Waals surface area contributed by atoms with Crippen molar-refractivity contribution < 1.29 is 10.0 Å². The minimum absolute atomic E-state index is 0.0474. The molecule has 2 aromatic rings. The van der Waals surface area contributed by atoms with Crippen LogP contribution in [0.2, 0.25) is 0 Å². The van der Waals surface area contributed by atoms with E-state index in [1.165, 1.54) is 23.2 Å². The summed E-state index contributed by atoms with van der Waals surface area (Å²) in [5, 5.41) is 11.6. The molecule has 2 rings (SSSR count). The Morgan fingerprint density at radius 1 is 1.29 bits per heavy atom. The molecular formula is C14H14N4O3. The Morgan fingerprint density at radius 3 is 2.71 bits per heavy atom. The molecule has 21 heavy (non-hydrogen) atoms. The molecule has 1 heterocycles. The Kier molecular flexibility index (Phi) is 4.03. The van der Waals surface area contributed by atoms with Gasteiger partial charge < -0.3 is 20.8 Å². The third-order valence-electron chi connectivity index (χ3n) is 2.96. The summed E-state index contributed by atoms with van der Waals surface area (Å²) >= 11 is 0. The predicted octanol–water partition coefficient (Wildman–Crippen LogP) is 0.746. The Balaban J connectivity index is 2.34. The van der Waals surface area contributed by atoms with Gasteiger partial charge in [-0.15, -0.1) is 0 Å². The molecule has 1 aromatic carbocycles. The normalized spacial score (nSPS) is 11.2. The molecule has 7 nitrogen and oxygen atoms in total. The van der Waals surface area contributed by atoms with Crippen LogP contribution in [-0.4, -0.2) is 29.0 Å². The van der Waals surface area contributed by atoms with Gasteiger partial charge in [0, 0.05) is 36.1 Å². The first-order valence-corrected chi connectivity index (χ1v) is 6.07. The van der Waals surface area contributed by atoms with Crippen molar-refractivity contribution in [2.45, 2.75) is 0 Å². The zero-order chi connectivity index (χ0) is 15.4. The molecule has 0 bridgehead atoms. The second-order valence-corrected chi connectivity index (χ2v) is 4.34. The monoisotopic (exact) mass is 286 g/mol. The summed E-state index contributed by atoms with van der Waals surface area (Å²) in [5.41, 5.74) is 6.49. The predicted molar refractivity (Wildman–Crippen MR) is 78.7 cm³/mol. The van der Waals surface area contributed by atoms with Gasteiger partial charge in [-0.05, 0) is 18.2 Å². The number of pyridine rings is 1. The van der Waals surface area contributed by atoms with Crippen molar-refractivity contribution in [2.24, 2.45) is 10.9 Å². The summed E-state index contributed by atoms with van der Waals surface area (Å²) in [6.45, 7) is 0. The summed E-state index contributed by atoms with van der Waals surface area (Å²) in [4.78, 5) is 27.4. The van der Waals surface area contributed by atoms with Crippen LogP contribution in [0.5, 0.6) is 0 Å². The van der Waals surface area contributed by atoms with E-state index in [4.69, 9.17) is 10.9 Å². The van der Waals surface area contributed by atoms with Crippen LogP contribution in [0.15, 0.2) is 52.5 Å². The number of amidine groups is 1. The molecule has 0 saturated carbocycles. The Morgan fingerprint density at radius 2 is 2.05 bits per heavy atom. The second-order valence-electron chi connectivity index (χ2n) is 4.34. The van der Waals surface area contributed by atoms with E-state index in [0.29, 0.717) is 11.3 Å². The maximum Gasteiger partial charge on any atom is 0.258 e. The Hall–Kier alpha value is -3.09. The number of oxime groups is 1. The number of nitrogens with one attached hydrogen (secondary N) is 1. The molecule has 108 valence electrons. The highest BCUT2D eigenvalue weighted by molar-refractivity contribution is 6.06. The van der Waals surface area contributed by atoms with Crippen LogP contribution in [0, 0.1) is 0 Å². The number of aromatic nitrogens is 1. The van der Waals surface area contributed by atoms with Gasteiger partial charge in [-0.3, -0.25) is 9.59 Å². The van der Waals surface area contributed by atoms with Crippen LogP contribution in [-0.2, 0) is 0 Å². The fraction of sp³-hybridized carbons (Fsp3) is 0.0714. The van der Waals surface area contributed by atoms with Crippen LogP contribution in [0.4, 0.5) is 5.69 Å². The van der Waals surface area contributed by atoms with Crippen molar-refractivity contribution in [3.63, 3.8) is 0 Å². The van der Waals surface area contributed by atoms with Crippen LogP contribution in [0.1, 0.15) is 15.9 Å². The number of nitrogens with zero attached hydrogens (tertiary/aromatic N) is 2. The van der Waals surface area contributed by atoms with E-state index in [-0.39, 0.29) is 22.9 Å². The number of hydrogen-bond acceptors (Lipinski definition) is 4. The topological polar surface area (TPSA) is 112 Å². The number of hydrogen-bond donors (Lipinski definition) is 3. The summed E-state index contributed by atoms with van der Waals surface area (Å²) in [6.07, 6.45) is 1.41. The molecule has 0 atom stereocenters. The number of H-pyrrole nitrogens is 1. The third-order valence-corrected chi connectivity index (χ3v) is 2.96. The highest BCUT2D eigenvalue weighted by Crippen LogP contribution is 2.17. The minimum atomic E-state index is -0.348. The van der Waals surface area contributed by atoms with E-state index >= 15 is 0 Å². The van der Waals surface area contributed by atoms with E-state index in [0.717, 1.165) is 0 Å². The van der Waals surface area contributed by atoms with Crippen molar-refractivity contribution in [3.8, 4) is 0 Å². The number of carbonyl (C=O) groups is 1. The fourth-order valence-electron chi connectivity index (χ4n) is 1.82. The Labute approximate surface area is 120 Å². The van der Waals surface area contributed by atoms with Gasteiger partial charge in [-0.25, -0.2) is 0 Å². The summed E-state index contributed by atoms with van der Waals surface area (Å²) in [7, 11) is 1.58. The highest BCUT2D eigenvalue weighted by atomic mass is 16.4. The first-order valence-electron chi connectivity index (χ1n) is 6.07. The summed E-state index contributed by atoms with van der Waals surface area (Å²) < 4.78 is 0. The maximum atomic E-state index is 12.3. The molecule has 0 aliphatic heterocycles. The summed E-state index contributed by atoms with van der Waals surface area (Å²) in [5.74, 6) is -0.383. The van der Waals surface area contributed by atoms with Crippen LogP contribution < -0.4 is 16.2 Å². The Bertz CT molecular complexity index is 752. The van der Waals surface area contributed by atoms with Crippen molar-refractivity contribution in [1.82, 2.24) is 4.98 Å². The van der Waals surface area contributed by atoms with Crippen LogP contribution in [0.3, 0.4) is 0 Å². The zero-order valence-electron chi connectivity index (χ0n) is 11.3. The third kappa shape index (κ3) is 3.08. The van der Waals surface area contributed by atoms with Gasteiger partial charge in [-0.2, -0.15) is 0 Å². The van der Waals surface area contributed by atoms with Gasteiger partial charge in [0.05, 0.1) is 0 Å². The number of rotatable bonds is 3. The second kappa shape index (κ2) is 5.91. The molecule has 0 aliphatic rings. The smallest absolute Gasteiger partial charge is 0.258 e. The largest absolute Gasteiger partial charge is 0.409 e. The molecule has 4 N–H and O–H groups in total. The molecule has 0 aliphatic carbocycles. The molecule has 0 spiro atoms. The number of anilines is 1. The van der Waals surface area contributed by atoms with E-state index in [1.807, 2.05) is 0 Å². The van der Waals surface area contributed by atoms with E-state index in [1.54, 1.807) is 31.3 Å². The number of amides is 1. The minimum Gasteiger partial charge on any atom is -0.409 e. The molecule has 1 aromatic heterocycles. The van der Waals surface area contributed by atoms with Gasteiger partial charge in [0.1, 0.15) is 0 Å². The zero-order valence-corrected chi connectivity index (χ0v) is 11.3. The van der Waals surface area contributed by atoms with E-state index < -0.39 is 0 Å². The fourth-order valence-corrected chi connectivity index (χ4v) is 1.82. The van der Waals surface area contributed by atoms with Crippen molar-refractivity contribution >= 4 is 17.4 Å². The lowest BCUT2D eigenvalue weighted by Crippen LogP contribution is -2.27. The van der Waals surface area contributed by atoms with E-state index in [9.17, 15) is 9.59 Å². The highest BCUT2D eigenvalue weighted by Gasteiger charge is 2.14. The van der Waals surface area contributed by atoms with Crippen LogP contribution in [0.25, 0.3) is 0 Å². The van der Waals surface area contributed by atoms with Gasteiger partial charge in [0.25, 0.3) is 5.91 Å². The van der Waals surface area contributed by atoms with Gasteiger partial charge in [0.2, 0.25) is 5.56 Å².